The highest BCUT2D eigenvalue weighted by Crippen LogP contribution is 2.25. The largest absolute Gasteiger partial charge is 0.467 e. The van der Waals surface area contributed by atoms with E-state index < -0.39 is 5.54 Å². The Morgan fingerprint density at radius 1 is 1.33 bits per heavy atom. The Kier molecular flexibility index (Phi) is 5.37. The van der Waals surface area contributed by atoms with Crippen LogP contribution in [-0.2, 0) is 15.1 Å². The number of rotatable bonds is 5. The second-order valence-electron chi connectivity index (χ2n) is 6.10. The molecule has 0 amide bonds. The maximum Gasteiger partial charge on any atom is 0.330 e. The van der Waals surface area contributed by atoms with Gasteiger partial charge in [0.05, 0.1) is 7.11 Å². The van der Waals surface area contributed by atoms with Crippen molar-refractivity contribution in [2.24, 2.45) is 11.7 Å². The minimum atomic E-state index is -1.06. The van der Waals surface area contributed by atoms with E-state index in [1.165, 1.54) is 20.0 Å². The van der Waals surface area contributed by atoms with Gasteiger partial charge in [-0.1, -0.05) is 37.3 Å². The van der Waals surface area contributed by atoms with Crippen molar-refractivity contribution in [1.29, 1.82) is 0 Å². The minimum absolute atomic E-state index is 0.362. The van der Waals surface area contributed by atoms with Gasteiger partial charge in [0.25, 0.3) is 0 Å². The summed E-state index contributed by atoms with van der Waals surface area (Å²) in [5.74, 6) is 0.442. The van der Waals surface area contributed by atoms with E-state index in [-0.39, 0.29) is 5.97 Å². The van der Waals surface area contributed by atoms with E-state index in [2.05, 4.69) is 11.8 Å². The molecule has 0 aliphatic carbocycles. The molecule has 0 spiro atoms. The molecule has 4 heteroatoms. The van der Waals surface area contributed by atoms with Crippen LogP contribution in [0.25, 0.3) is 0 Å². The fraction of sp³-hybridized carbons (Fsp3) is 0.588. The van der Waals surface area contributed by atoms with Gasteiger partial charge in [0.15, 0.2) is 0 Å². The van der Waals surface area contributed by atoms with Crippen LogP contribution in [0.2, 0.25) is 0 Å². The van der Waals surface area contributed by atoms with E-state index in [0.29, 0.717) is 6.42 Å². The number of benzene rings is 1. The molecule has 4 nitrogen and oxygen atoms in total. The molecule has 2 N–H and O–H groups in total. The Balaban J connectivity index is 2.05. The maximum atomic E-state index is 12.2. The van der Waals surface area contributed by atoms with Crippen LogP contribution >= 0.6 is 0 Å². The SMILES string of the molecule is COC(=O)C(N)(CCN1CCC(C)CC1)c1ccccc1. The first-order chi connectivity index (χ1) is 10.1. The van der Waals surface area contributed by atoms with Crippen LogP contribution in [-0.4, -0.2) is 37.6 Å². The number of hydrogen-bond acceptors (Lipinski definition) is 4. The molecule has 1 atom stereocenters. The number of hydrogen-bond donors (Lipinski definition) is 1. The first kappa shape index (κ1) is 16.0. The van der Waals surface area contributed by atoms with E-state index in [9.17, 15) is 4.79 Å². The molecule has 2 rings (SSSR count). The minimum Gasteiger partial charge on any atom is -0.467 e. The molecule has 1 aliphatic rings. The summed E-state index contributed by atoms with van der Waals surface area (Å²) in [5, 5.41) is 0. The molecule has 1 heterocycles. The summed E-state index contributed by atoms with van der Waals surface area (Å²) < 4.78 is 4.94. The van der Waals surface area contributed by atoms with Crippen molar-refractivity contribution < 1.29 is 9.53 Å². The Bertz CT molecular complexity index is 455. The van der Waals surface area contributed by atoms with Crippen LogP contribution in [0.15, 0.2) is 30.3 Å². The van der Waals surface area contributed by atoms with Gasteiger partial charge < -0.3 is 15.4 Å². The fourth-order valence-electron chi connectivity index (χ4n) is 2.90. The number of nitrogens with two attached hydrogens (primary N) is 1. The highest BCUT2D eigenvalue weighted by atomic mass is 16.5. The first-order valence-electron chi connectivity index (χ1n) is 7.71. The van der Waals surface area contributed by atoms with Crippen LogP contribution in [0.3, 0.4) is 0 Å². The summed E-state index contributed by atoms with van der Waals surface area (Å²) in [7, 11) is 1.40. The zero-order valence-electron chi connectivity index (χ0n) is 13.0. The summed E-state index contributed by atoms with van der Waals surface area (Å²) >= 11 is 0. The van der Waals surface area contributed by atoms with Crippen molar-refractivity contribution in [1.82, 2.24) is 4.90 Å². The van der Waals surface area contributed by atoms with Crippen molar-refractivity contribution in [3.63, 3.8) is 0 Å². The number of carbonyl (C=O) groups excluding carboxylic acids is 1. The number of likely N-dealkylation sites (tertiary alicyclic amines) is 1. The van der Waals surface area contributed by atoms with Crippen molar-refractivity contribution in [3.05, 3.63) is 35.9 Å². The summed E-state index contributed by atoms with van der Waals surface area (Å²) in [6.45, 7) is 5.30. The van der Waals surface area contributed by atoms with Gasteiger partial charge >= 0.3 is 5.97 Å². The molecule has 1 unspecified atom stereocenters. The molecule has 0 bridgehead atoms. The number of carbonyl (C=O) groups is 1. The van der Waals surface area contributed by atoms with Gasteiger partial charge in [0.2, 0.25) is 0 Å². The number of piperidine rings is 1. The fourth-order valence-corrected chi connectivity index (χ4v) is 2.90. The van der Waals surface area contributed by atoms with Gasteiger partial charge in [-0.05, 0) is 43.8 Å². The second-order valence-corrected chi connectivity index (χ2v) is 6.10. The number of esters is 1. The van der Waals surface area contributed by atoms with Crippen LogP contribution in [0.4, 0.5) is 0 Å². The van der Waals surface area contributed by atoms with Crippen LogP contribution < -0.4 is 5.73 Å². The van der Waals surface area contributed by atoms with Crippen molar-refractivity contribution in [2.45, 2.75) is 31.7 Å². The summed E-state index contributed by atoms with van der Waals surface area (Å²) in [6, 6.07) is 9.53. The molecular weight excluding hydrogens is 264 g/mol. The van der Waals surface area contributed by atoms with E-state index in [0.717, 1.165) is 31.1 Å². The monoisotopic (exact) mass is 290 g/mol. The predicted molar refractivity (Wildman–Crippen MR) is 83.8 cm³/mol. The Labute approximate surface area is 127 Å². The zero-order chi connectivity index (χ0) is 15.3. The van der Waals surface area contributed by atoms with E-state index in [1.54, 1.807) is 0 Å². The lowest BCUT2D eigenvalue weighted by molar-refractivity contribution is -0.148. The van der Waals surface area contributed by atoms with E-state index in [1.807, 2.05) is 30.3 Å². The third-order valence-corrected chi connectivity index (χ3v) is 4.54. The maximum absolute atomic E-state index is 12.2. The predicted octanol–water partition coefficient (Wildman–Crippen LogP) is 2.14. The number of nitrogens with zero attached hydrogens (tertiary/aromatic N) is 1. The van der Waals surface area contributed by atoms with Gasteiger partial charge in [-0.3, -0.25) is 0 Å². The summed E-state index contributed by atoms with van der Waals surface area (Å²) in [6.07, 6.45) is 3.03. The van der Waals surface area contributed by atoms with E-state index in [4.69, 9.17) is 10.5 Å². The normalized spacial score (nSPS) is 20.0. The van der Waals surface area contributed by atoms with Gasteiger partial charge in [0, 0.05) is 6.54 Å². The third kappa shape index (κ3) is 3.83. The molecule has 0 radical (unpaired) electrons. The highest BCUT2D eigenvalue weighted by molar-refractivity contribution is 5.82. The Morgan fingerprint density at radius 2 is 1.95 bits per heavy atom. The van der Waals surface area contributed by atoms with E-state index >= 15 is 0 Å². The molecule has 0 aromatic heterocycles. The van der Waals surface area contributed by atoms with Crippen molar-refractivity contribution in [2.75, 3.05) is 26.7 Å². The van der Waals surface area contributed by atoms with Crippen LogP contribution in [0, 0.1) is 5.92 Å². The molecule has 0 saturated carbocycles. The highest BCUT2D eigenvalue weighted by Gasteiger charge is 2.37. The average Bonchev–Trinajstić information content (AvgIpc) is 2.54. The molecule has 1 aliphatic heterocycles. The lowest BCUT2D eigenvalue weighted by atomic mass is 9.87. The third-order valence-electron chi connectivity index (χ3n) is 4.54. The standard InChI is InChI=1S/C17H26N2O2/c1-14-8-11-19(12-9-14)13-10-17(18,16(20)21-2)15-6-4-3-5-7-15/h3-7,14H,8-13,18H2,1-2H3. The lowest BCUT2D eigenvalue weighted by Gasteiger charge is -2.34. The van der Waals surface area contributed by atoms with Gasteiger partial charge in [-0.15, -0.1) is 0 Å². The first-order valence-corrected chi connectivity index (χ1v) is 7.71. The van der Waals surface area contributed by atoms with Gasteiger partial charge in [-0.2, -0.15) is 0 Å². The molecule has 1 fully saturated rings. The second kappa shape index (κ2) is 7.05. The van der Waals surface area contributed by atoms with Crippen LogP contribution in [0.5, 0.6) is 0 Å². The van der Waals surface area contributed by atoms with Crippen molar-refractivity contribution in [3.8, 4) is 0 Å². The van der Waals surface area contributed by atoms with Gasteiger partial charge in [-0.25, -0.2) is 4.79 Å². The lowest BCUT2D eigenvalue weighted by Crippen LogP contribution is -2.48. The summed E-state index contributed by atoms with van der Waals surface area (Å²) in [4.78, 5) is 14.6. The molecule has 1 saturated heterocycles. The topological polar surface area (TPSA) is 55.6 Å². The number of ether oxygens (including phenoxy) is 1. The molecule has 1 aromatic carbocycles. The Morgan fingerprint density at radius 3 is 2.52 bits per heavy atom. The molecule has 21 heavy (non-hydrogen) atoms. The smallest absolute Gasteiger partial charge is 0.330 e. The molecule has 1 aromatic rings. The quantitative estimate of drug-likeness (QED) is 0.844. The zero-order valence-corrected chi connectivity index (χ0v) is 13.0. The van der Waals surface area contributed by atoms with Gasteiger partial charge in [0.1, 0.15) is 5.54 Å². The molecular formula is C17H26N2O2. The average molecular weight is 290 g/mol. The van der Waals surface area contributed by atoms with Crippen LogP contribution in [0.1, 0.15) is 31.7 Å². The molecule has 116 valence electrons. The Hall–Kier alpha value is -1.39. The summed E-state index contributed by atoms with van der Waals surface area (Å²) in [5.41, 5.74) is 6.18. The van der Waals surface area contributed by atoms with Crippen molar-refractivity contribution >= 4 is 5.97 Å². The number of methoxy groups -OCH3 is 1.